The van der Waals surface area contributed by atoms with Crippen LogP contribution >= 0.6 is 40.7 Å². The second kappa shape index (κ2) is 10.2. The van der Waals surface area contributed by atoms with Crippen molar-refractivity contribution in [1.29, 1.82) is 0 Å². The first-order chi connectivity index (χ1) is 10.7. The Labute approximate surface area is 165 Å². The van der Waals surface area contributed by atoms with Crippen LogP contribution in [-0.2, 0) is 4.74 Å². The van der Waals surface area contributed by atoms with Crippen molar-refractivity contribution in [2.24, 2.45) is 5.92 Å². The number of phenolic OH excluding ortho intramolecular Hbond substituents is 1. The number of ether oxygens (including phenoxy) is 1. The Morgan fingerprint density at radius 2 is 1.83 bits per heavy atom. The van der Waals surface area contributed by atoms with Gasteiger partial charge in [0.2, 0.25) is 0 Å². The number of nitrogens with one attached hydrogen (secondary N) is 1. The van der Waals surface area contributed by atoms with Gasteiger partial charge in [-0.25, -0.2) is 0 Å². The lowest BCUT2D eigenvalue weighted by atomic mass is 9.84. The summed E-state index contributed by atoms with van der Waals surface area (Å²) < 4.78 is 6.57. The van der Waals surface area contributed by atoms with Crippen LogP contribution in [0.1, 0.15) is 30.0 Å². The molecule has 2 N–H and O–H groups in total. The van der Waals surface area contributed by atoms with Gasteiger partial charge in [0.05, 0.1) is 0 Å². The van der Waals surface area contributed by atoms with E-state index in [2.05, 4.69) is 32.2 Å². The number of piperazine rings is 1. The quantitative estimate of drug-likeness (QED) is 0.750. The number of aromatic hydroxyl groups is 1. The maximum absolute atomic E-state index is 10.7. The van der Waals surface area contributed by atoms with Crippen molar-refractivity contribution in [3.8, 4) is 5.75 Å². The molecule has 7 heteroatoms. The normalized spacial score (nSPS) is 20.8. The number of hydrogen-bond donors (Lipinski definition) is 2. The van der Waals surface area contributed by atoms with E-state index in [1.807, 2.05) is 13.0 Å². The van der Waals surface area contributed by atoms with E-state index < -0.39 is 0 Å². The Kier molecular flexibility index (Phi) is 9.34. The Morgan fingerprint density at radius 1 is 1.21 bits per heavy atom. The predicted octanol–water partition coefficient (Wildman–Crippen LogP) is 3.68. The SMILES string of the molecule is Cc1ccc(Br)c([C@H](C2CCOCC2)N2CCNCC2)c1O.Cl.Cl. The molecule has 0 aromatic heterocycles. The molecule has 1 atom stereocenters. The molecule has 4 nitrogen and oxygen atoms in total. The fourth-order valence-electron chi connectivity index (χ4n) is 3.68. The summed E-state index contributed by atoms with van der Waals surface area (Å²) in [5.74, 6) is 0.986. The number of nitrogens with zero attached hydrogens (tertiary/aromatic N) is 1. The van der Waals surface area contributed by atoms with Gasteiger partial charge in [-0.1, -0.05) is 22.0 Å². The summed E-state index contributed by atoms with van der Waals surface area (Å²) in [6.45, 7) is 7.73. The van der Waals surface area contributed by atoms with Crippen LogP contribution in [0.3, 0.4) is 0 Å². The van der Waals surface area contributed by atoms with E-state index in [1.165, 1.54) is 0 Å². The number of hydrogen-bond acceptors (Lipinski definition) is 4. The van der Waals surface area contributed by atoms with Gasteiger partial charge in [-0.05, 0) is 37.3 Å². The highest BCUT2D eigenvalue weighted by atomic mass is 79.9. The molecule has 0 bridgehead atoms. The smallest absolute Gasteiger partial charge is 0.124 e. The third-order valence-corrected chi connectivity index (χ3v) is 5.61. The van der Waals surface area contributed by atoms with Crippen LogP contribution in [0, 0.1) is 12.8 Å². The first-order valence-corrected chi connectivity index (χ1v) is 8.98. The predicted molar refractivity (Wildman–Crippen MR) is 106 cm³/mol. The van der Waals surface area contributed by atoms with E-state index in [-0.39, 0.29) is 30.9 Å². The highest BCUT2D eigenvalue weighted by Crippen LogP contribution is 2.43. The maximum Gasteiger partial charge on any atom is 0.124 e. The fourth-order valence-corrected chi connectivity index (χ4v) is 4.24. The van der Waals surface area contributed by atoms with Crippen molar-refractivity contribution in [2.45, 2.75) is 25.8 Å². The summed E-state index contributed by atoms with van der Waals surface area (Å²) in [5.41, 5.74) is 2.01. The standard InChI is InChI=1S/C17H25BrN2O2.2ClH/c1-12-2-3-14(18)15(17(12)21)16(13-4-10-22-11-5-13)20-8-6-19-7-9-20;;/h2-3,13,16,19,21H,4-11H2,1H3;2*1H/t16-;;/m0../s1. The van der Waals surface area contributed by atoms with Gasteiger partial charge in [0.15, 0.2) is 0 Å². The van der Waals surface area contributed by atoms with E-state index in [0.717, 1.165) is 67.8 Å². The zero-order valence-corrected chi connectivity index (χ0v) is 17.2. The van der Waals surface area contributed by atoms with Crippen LogP contribution in [0.2, 0.25) is 0 Å². The monoisotopic (exact) mass is 440 g/mol. The number of halogens is 3. The average molecular weight is 442 g/mol. The lowest BCUT2D eigenvalue weighted by Gasteiger charge is -2.41. The molecular weight excluding hydrogens is 415 g/mol. The molecule has 0 spiro atoms. The summed E-state index contributed by atoms with van der Waals surface area (Å²) in [4.78, 5) is 2.53. The van der Waals surface area contributed by atoms with Crippen LogP contribution < -0.4 is 5.32 Å². The summed E-state index contributed by atoms with van der Waals surface area (Å²) in [5, 5.41) is 14.1. The summed E-state index contributed by atoms with van der Waals surface area (Å²) in [7, 11) is 0. The number of benzene rings is 1. The summed E-state index contributed by atoms with van der Waals surface area (Å²) >= 11 is 3.68. The molecule has 0 unspecified atom stereocenters. The molecule has 0 saturated carbocycles. The van der Waals surface area contributed by atoms with Crippen LogP contribution in [-0.4, -0.2) is 49.4 Å². The van der Waals surface area contributed by atoms with Gasteiger partial charge in [0.25, 0.3) is 0 Å². The molecule has 2 heterocycles. The van der Waals surface area contributed by atoms with Crippen LogP contribution in [0.15, 0.2) is 16.6 Å². The van der Waals surface area contributed by atoms with Gasteiger partial charge in [0, 0.05) is 55.5 Å². The topological polar surface area (TPSA) is 44.7 Å². The second-order valence-corrected chi connectivity index (χ2v) is 7.16. The molecule has 1 aromatic carbocycles. The van der Waals surface area contributed by atoms with E-state index >= 15 is 0 Å². The maximum atomic E-state index is 10.7. The van der Waals surface area contributed by atoms with Gasteiger partial charge >= 0.3 is 0 Å². The molecule has 0 aliphatic carbocycles. The van der Waals surface area contributed by atoms with E-state index in [0.29, 0.717) is 11.7 Å². The summed E-state index contributed by atoms with van der Waals surface area (Å²) in [6, 6.07) is 4.31. The number of aryl methyl sites for hydroxylation is 1. The van der Waals surface area contributed by atoms with Gasteiger partial charge in [-0.2, -0.15) is 0 Å². The van der Waals surface area contributed by atoms with Gasteiger partial charge < -0.3 is 15.2 Å². The lowest BCUT2D eigenvalue weighted by molar-refractivity contribution is 0.0204. The Bertz CT molecular complexity index is 504. The number of phenols is 1. The van der Waals surface area contributed by atoms with Crippen molar-refractivity contribution < 1.29 is 9.84 Å². The second-order valence-electron chi connectivity index (χ2n) is 6.31. The first-order valence-electron chi connectivity index (χ1n) is 8.19. The summed E-state index contributed by atoms with van der Waals surface area (Å²) in [6.07, 6.45) is 2.13. The fraction of sp³-hybridized carbons (Fsp3) is 0.647. The molecule has 2 saturated heterocycles. The molecule has 24 heavy (non-hydrogen) atoms. The molecule has 138 valence electrons. The Balaban J connectivity index is 0.00000144. The zero-order chi connectivity index (χ0) is 15.5. The molecule has 0 amide bonds. The molecule has 2 aliphatic rings. The molecular formula is C17H27BrCl2N2O2. The van der Waals surface area contributed by atoms with Crippen molar-refractivity contribution in [1.82, 2.24) is 10.2 Å². The molecule has 0 radical (unpaired) electrons. The minimum absolute atomic E-state index is 0. The minimum atomic E-state index is 0. The highest BCUT2D eigenvalue weighted by Gasteiger charge is 2.34. The van der Waals surface area contributed by atoms with Crippen molar-refractivity contribution >= 4 is 40.7 Å². The Morgan fingerprint density at radius 3 is 2.46 bits per heavy atom. The zero-order valence-electron chi connectivity index (χ0n) is 14.0. The first kappa shape index (κ1) is 22.0. The van der Waals surface area contributed by atoms with Crippen molar-refractivity contribution in [3.05, 3.63) is 27.7 Å². The van der Waals surface area contributed by atoms with Crippen molar-refractivity contribution in [3.63, 3.8) is 0 Å². The van der Waals surface area contributed by atoms with E-state index in [1.54, 1.807) is 0 Å². The van der Waals surface area contributed by atoms with Crippen molar-refractivity contribution in [2.75, 3.05) is 39.4 Å². The van der Waals surface area contributed by atoms with Crippen LogP contribution in [0.5, 0.6) is 5.75 Å². The average Bonchev–Trinajstić information content (AvgIpc) is 2.57. The van der Waals surface area contributed by atoms with Gasteiger partial charge in [-0.15, -0.1) is 24.8 Å². The van der Waals surface area contributed by atoms with Crippen LogP contribution in [0.25, 0.3) is 0 Å². The highest BCUT2D eigenvalue weighted by molar-refractivity contribution is 9.10. The molecule has 2 fully saturated rings. The van der Waals surface area contributed by atoms with Gasteiger partial charge in [-0.3, -0.25) is 4.90 Å². The lowest BCUT2D eigenvalue weighted by Crippen LogP contribution is -2.47. The number of rotatable bonds is 3. The molecule has 1 aromatic rings. The Hall–Kier alpha value is -0.0400. The largest absolute Gasteiger partial charge is 0.507 e. The molecule has 3 rings (SSSR count). The van der Waals surface area contributed by atoms with Gasteiger partial charge in [0.1, 0.15) is 5.75 Å². The van der Waals surface area contributed by atoms with Crippen LogP contribution in [0.4, 0.5) is 0 Å². The minimum Gasteiger partial charge on any atom is -0.507 e. The molecule has 2 aliphatic heterocycles. The third-order valence-electron chi connectivity index (χ3n) is 4.92. The third kappa shape index (κ3) is 4.77. The van der Waals surface area contributed by atoms with E-state index in [9.17, 15) is 5.11 Å². The van der Waals surface area contributed by atoms with E-state index in [4.69, 9.17) is 4.74 Å².